The maximum Gasteiger partial charge on any atom is 0.390 e. The molecular weight excluding hydrogens is 327 g/mol. The summed E-state index contributed by atoms with van der Waals surface area (Å²) in [6, 6.07) is 6.71. The van der Waals surface area contributed by atoms with Crippen LogP contribution in [0.25, 0.3) is 0 Å². The van der Waals surface area contributed by atoms with E-state index in [1.807, 2.05) is 0 Å². The third kappa shape index (κ3) is 5.98. The quantitative estimate of drug-likeness (QED) is 0.658. The summed E-state index contributed by atoms with van der Waals surface area (Å²) in [4.78, 5) is 0.636. The van der Waals surface area contributed by atoms with Crippen LogP contribution in [0.15, 0.2) is 29.2 Å². The van der Waals surface area contributed by atoms with Crippen LogP contribution in [0, 0.1) is 0 Å². The fourth-order valence-electron chi connectivity index (χ4n) is 1.19. The normalized spacial score (nSPS) is 13.4. The van der Waals surface area contributed by atoms with Crippen LogP contribution in [0.1, 0.15) is 13.8 Å². The number of benzene rings is 1. The van der Waals surface area contributed by atoms with Crippen molar-refractivity contribution < 1.29 is 17.8 Å². The van der Waals surface area contributed by atoms with Crippen molar-refractivity contribution in [3.05, 3.63) is 29.3 Å². The Morgan fingerprint density at radius 1 is 1.21 bits per heavy atom. The van der Waals surface area contributed by atoms with Gasteiger partial charge in [0, 0.05) is 9.92 Å². The first-order chi connectivity index (χ1) is 9.00. The van der Waals surface area contributed by atoms with E-state index >= 15 is 0 Å². The molecule has 1 atom stereocenters. The monoisotopic (exact) mass is 342 g/mol. The van der Waals surface area contributed by atoms with Crippen LogP contribution >= 0.6 is 29.8 Å². The SMILES string of the molecule is CCOP(=O)(OCC)SCS(=O)c1ccc(Cl)cc1. The molecule has 0 fully saturated rings. The maximum absolute atomic E-state index is 12.2. The van der Waals surface area contributed by atoms with Gasteiger partial charge in [0.1, 0.15) is 0 Å². The fourth-order valence-corrected chi connectivity index (χ4v) is 7.16. The molecule has 0 heterocycles. The molecule has 8 heteroatoms. The van der Waals surface area contributed by atoms with E-state index in [0.717, 1.165) is 11.4 Å². The lowest BCUT2D eigenvalue weighted by Gasteiger charge is -2.15. The summed E-state index contributed by atoms with van der Waals surface area (Å²) in [5.41, 5.74) is 0. The molecule has 0 aliphatic heterocycles. The predicted octanol–water partition coefficient (Wildman–Crippen LogP) is 4.32. The van der Waals surface area contributed by atoms with Crippen molar-refractivity contribution in [2.75, 3.05) is 18.3 Å². The highest BCUT2D eigenvalue weighted by molar-refractivity contribution is 8.57. The van der Waals surface area contributed by atoms with E-state index in [1.54, 1.807) is 38.1 Å². The lowest BCUT2D eigenvalue weighted by atomic mass is 10.4. The molecule has 1 unspecified atom stereocenters. The van der Waals surface area contributed by atoms with Crippen molar-refractivity contribution in [3.63, 3.8) is 0 Å². The Hall–Kier alpha value is 0.160. The van der Waals surface area contributed by atoms with Gasteiger partial charge in [-0.15, -0.1) is 0 Å². The van der Waals surface area contributed by atoms with Crippen LogP contribution in [0.5, 0.6) is 0 Å². The van der Waals surface area contributed by atoms with E-state index in [9.17, 15) is 8.77 Å². The smallest absolute Gasteiger partial charge is 0.301 e. The van der Waals surface area contributed by atoms with Gasteiger partial charge in [-0.1, -0.05) is 11.6 Å². The van der Waals surface area contributed by atoms with Crippen LogP contribution in [0.2, 0.25) is 5.02 Å². The first kappa shape index (κ1) is 17.2. The zero-order valence-electron chi connectivity index (χ0n) is 10.7. The Morgan fingerprint density at radius 3 is 2.21 bits per heavy atom. The van der Waals surface area contributed by atoms with Crippen LogP contribution in [0.3, 0.4) is 0 Å². The summed E-state index contributed by atoms with van der Waals surface area (Å²) in [6.07, 6.45) is 0. The van der Waals surface area contributed by atoms with Gasteiger partial charge in [-0.05, 0) is 49.5 Å². The largest absolute Gasteiger partial charge is 0.390 e. The first-order valence-electron chi connectivity index (χ1n) is 5.68. The van der Waals surface area contributed by atoms with Crippen molar-refractivity contribution in [2.45, 2.75) is 18.7 Å². The fraction of sp³-hybridized carbons (Fsp3) is 0.455. The molecule has 4 nitrogen and oxygen atoms in total. The summed E-state index contributed by atoms with van der Waals surface area (Å²) in [6.45, 7) is 0.850. The molecule has 0 saturated heterocycles. The molecule has 0 spiro atoms. The third-order valence-corrected chi connectivity index (χ3v) is 8.29. The minimum atomic E-state index is -3.21. The van der Waals surface area contributed by atoms with Crippen molar-refractivity contribution in [2.24, 2.45) is 0 Å². The van der Waals surface area contributed by atoms with E-state index in [0.29, 0.717) is 9.92 Å². The second kappa shape index (κ2) is 8.45. The number of hydrogen-bond acceptors (Lipinski definition) is 5. The van der Waals surface area contributed by atoms with Gasteiger partial charge in [0.2, 0.25) is 0 Å². The van der Waals surface area contributed by atoms with Crippen LogP contribution in [-0.4, -0.2) is 22.5 Å². The summed E-state index contributed by atoms with van der Waals surface area (Å²) >= 11 is 6.72. The van der Waals surface area contributed by atoms with Crippen molar-refractivity contribution in [1.29, 1.82) is 0 Å². The molecule has 0 N–H and O–H groups in total. The zero-order valence-corrected chi connectivity index (χ0v) is 14.0. The molecule has 0 amide bonds. The Balaban J connectivity index is 2.61. The average molecular weight is 343 g/mol. The van der Waals surface area contributed by atoms with Crippen LogP contribution in [-0.2, 0) is 24.4 Å². The highest BCUT2D eigenvalue weighted by Gasteiger charge is 2.25. The Bertz CT molecular complexity index is 456. The van der Waals surface area contributed by atoms with Gasteiger partial charge in [0.15, 0.2) is 0 Å². The van der Waals surface area contributed by atoms with Crippen molar-refractivity contribution >= 4 is 40.6 Å². The molecule has 0 aliphatic carbocycles. The summed E-state index contributed by atoms with van der Waals surface area (Å²) < 4.78 is 34.4. The van der Waals surface area contributed by atoms with E-state index in [4.69, 9.17) is 20.6 Å². The number of rotatable bonds is 8. The molecular formula is C11H16ClO4PS2. The first-order valence-corrected chi connectivity index (χ1v) is 10.5. The summed E-state index contributed by atoms with van der Waals surface area (Å²) in [7, 11) is -1.27. The molecule has 1 aromatic rings. The number of hydrogen-bond donors (Lipinski definition) is 0. The number of halogens is 1. The summed E-state index contributed by atoms with van der Waals surface area (Å²) in [5.74, 6) is 0. The second-order valence-corrected chi connectivity index (χ2v) is 9.66. The van der Waals surface area contributed by atoms with E-state index in [1.165, 1.54) is 0 Å². The van der Waals surface area contributed by atoms with Crippen LogP contribution < -0.4 is 0 Å². The predicted molar refractivity (Wildman–Crippen MR) is 81.2 cm³/mol. The molecule has 0 radical (unpaired) electrons. The highest BCUT2D eigenvalue weighted by Crippen LogP contribution is 2.60. The molecule has 0 aliphatic rings. The Kier molecular flexibility index (Phi) is 7.65. The molecule has 0 saturated carbocycles. The molecule has 108 valence electrons. The van der Waals surface area contributed by atoms with Gasteiger partial charge in [0.25, 0.3) is 0 Å². The summed E-state index contributed by atoms with van der Waals surface area (Å²) in [5, 5.41) is 0.738. The van der Waals surface area contributed by atoms with Crippen molar-refractivity contribution in [1.82, 2.24) is 0 Å². The molecule has 1 aromatic carbocycles. The third-order valence-electron chi connectivity index (χ3n) is 1.97. The Labute approximate surface area is 124 Å². The molecule has 19 heavy (non-hydrogen) atoms. The van der Waals surface area contributed by atoms with E-state index in [-0.39, 0.29) is 18.3 Å². The molecule has 1 rings (SSSR count). The van der Waals surface area contributed by atoms with E-state index < -0.39 is 17.6 Å². The average Bonchev–Trinajstić information content (AvgIpc) is 2.37. The van der Waals surface area contributed by atoms with Gasteiger partial charge in [-0.2, -0.15) is 0 Å². The lowest BCUT2D eigenvalue weighted by molar-refractivity contribution is 0.237. The van der Waals surface area contributed by atoms with Gasteiger partial charge >= 0.3 is 6.80 Å². The highest BCUT2D eigenvalue weighted by atomic mass is 35.5. The van der Waals surface area contributed by atoms with Gasteiger partial charge in [-0.3, -0.25) is 4.21 Å². The van der Waals surface area contributed by atoms with Crippen molar-refractivity contribution in [3.8, 4) is 0 Å². The standard InChI is InChI=1S/C11H16ClO4PS2/c1-3-15-17(13,16-4-2)18-9-19(14)11-7-5-10(12)6-8-11/h5-8H,3-4,9H2,1-2H3. The van der Waals surface area contributed by atoms with E-state index in [2.05, 4.69) is 0 Å². The molecule has 0 bridgehead atoms. The lowest BCUT2D eigenvalue weighted by Crippen LogP contribution is -1.98. The minimum absolute atomic E-state index is 0.152. The second-order valence-electron chi connectivity index (χ2n) is 3.33. The van der Waals surface area contributed by atoms with Crippen LogP contribution in [0.4, 0.5) is 0 Å². The zero-order chi connectivity index (χ0) is 14.3. The topological polar surface area (TPSA) is 52.6 Å². The van der Waals surface area contributed by atoms with Gasteiger partial charge in [-0.25, -0.2) is 4.57 Å². The minimum Gasteiger partial charge on any atom is -0.301 e. The van der Waals surface area contributed by atoms with Gasteiger partial charge < -0.3 is 9.05 Å². The van der Waals surface area contributed by atoms with Gasteiger partial charge in [0.05, 0.1) is 29.1 Å². The Morgan fingerprint density at radius 2 is 1.74 bits per heavy atom. The maximum atomic E-state index is 12.2. The molecule has 0 aromatic heterocycles.